The highest BCUT2D eigenvalue weighted by Gasteiger charge is 2.17. The molecule has 0 unspecified atom stereocenters. The van der Waals surface area contributed by atoms with Gasteiger partial charge in [-0.1, -0.05) is 40.7 Å². The van der Waals surface area contributed by atoms with Crippen LogP contribution < -0.4 is 10.1 Å². The molecule has 2 heterocycles. The zero-order chi connectivity index (χ0) is 22.5. The second-order valence-electron chi connectivity index (χ2n) is 6.82. The molecule has 0 aliphatic carbocycles. The van der Waals surface area contributed by atoms with E-state index in [-0.39, 0.29) is 12.3 Å². The Balaban J connectivity index is 1.55. The number of aryl methyl sites for hydroxylation is 1. The van der Waals surface area contributed by atoms with Gasteiger partial charge in [-0.2, -0.15) is 0 Å². The third-order valence-electron chi connectivity index (χ3n) is 4.50. The Morgan fingerprint density at radius 3 is 2.72 bits per heavy atom. The van der Waals surface area contributed by atoms with Crippen molar-refractivity contribution in [1.29, 1.82) is 0 Å². The molecule has 0 atom stereocenters. The van der Waals surface area contributed by atoms with Gasteiger partial charge in [0.25, 0.3) is 0 Å². The number of benzene rings is 2. The summed E-state index contributed by atoms with van der Waals surface area (Å²) in [5.74, 6) is 2.78. The van der Waals surface area contributed by atoms with Crippen molar-refractivity contribution in [2.45, 2.75) is 18.5 Å². The summed E-state index contributed by atoms with van der Waals surface area (Å²) in [6, 6.07) is 16.7. The van der Waals surface area contributed by atoms with E-state index in [9.17, 15) is 4.79 Å². The molecule has 8 nitrogen and oxygen atoms in total. The first-order valence-electron chi connectivity index (χ1n) is 9.75. The maximum absolute atomic E-state index is 12.2. The summed E-state index contributed by atoms with van der Waals surface area (Å²) in [6.07, 6.45) is 0.276. The van der Waals surface area contributed by atoms with Gasteiger partial charge in [0, 0.05) is 34.5 Å². The topological polar surface area (TPSA) is 95.1 Å². The van der Waals surface area contributed by atoms with Crippen LogP contribution in [0.4, 0.5) is 5.82 Å². The van der Waals surface area contributed by atoms with Crippen LogP contribution in [0.1, 0.15) is 12.2 Å². The van der Waals surface area contributed by atoms with Gasteiger partial charge in [-0.05, 0) is 43.3 Å². The highest BCUT2D eigenvalue weighted by Crippen LogP contribution is 2.30. The molecule has 2 aromatic heterocycles. The predicted octanol–water partition coefficient (Wildman–Crippen LogP) is 5.01. The minimum absolute atomic E-state index is 0.156. The number of hydrogen-bond donors (Lipinski definition) is 1. The van der Waals surface area contributed by atoms with Gasteiger partial charge in [0.2, 0.25) is 5.91 Å². The molecule has 0 fully saturated rings. The van der Waals surface area contributed by atoms with Crippen molar-refractivity contribution in [1.82, 2.24) is 19.9 Å². The monoisotopic (exact) mass is 469 g/mol. The van der Waals surface area contributed by atoms with Gasteiger partial charge in [-0.15, -0.1) is 10.2 Å². The highest BCUT2D eigenvalue weighted by atomic mass is 35.5. The molecule has 164 valence electrons. The number of anilines is 1. The van der Waals surface area contributed by atoms with Crippen molar-refractivity contribution in [2.75, 3.05) is 18.2 Å². The average Bonchev–Trinajstić information content (AvgIpc) is 3.40. The number of nitrogens with one attached hydrogen (secondary N) is 1. The summed E-state index contributed by atoms with van der Waals surface area (Å²) in [4.78, 5) is 12.2. The lowest BCUT2D eigenvalue weighted by Gasteiger charge is -2.11. The molecular formula is C22H20ClN5O3S. The van der Waals surface area contributed by atoms with Gasteiger partial charge in [-0.3, -0.25) is 9.36 Å². The van der Waals surface area contributed by atoms with E-state index >= 15 is 0 Å². The first-order valence-corrected chi connectivity index (χ1v) is 11.1. The first-order chi connectivity index (χ1) is 15.5. The van der Waals surface area contributed by atoms with Crippen LogP contribution in [0.15, 0.2) is 64.3 Å². The quantitative estimate of drug-likeness (QED) is 0.362. The SMILES string of the molecule is COc1cccc(-c2nnc(SCCC(=O)Nc3cc(C)on3)n2-c2ccc(Cl)cc2)c1. The van der Waals surface area contributed by atoms with Gasteiger partial charge in [0.05, 0.1) is 7.11 Å². The molecule has 0 radical (unpaired) electrons. The number of aromatic nitrogens is 4. The number of ether oxygens (including phenoxy) is 1. The van der Waals surface area contributed by atoms with Crippen LogP contribution in [0.3, 0.4) is 0 Å². The standard InChI is InChI=1S/C22H20ClN5O3S/c1-14-12-19(27-31-14)24-20(29)10-11-32-22-26-25-21(15-4-3-5-18(13-15)30-2)28(22)17-8-6-16(23)7-9-17/h3-9,12-13H,10-11H2,1-2H3,(H,24,27,29). The number of halogens is 1. The van der Waals surface area contributed by atoms with Gasteiger partial charge in [0.1, 0.15) is 11.5 Å². The van der Waals surface area contributed by atoms with Crippen molar-refractivity contribution in [3.8, 4) is 22.8 Å². The molecule has 0 aliphatic rings. The van der Waals surface area contributed by atoms with Gasteiger partial charge in [-0.25, -0.2) is 0 Å². The van der Waals surface area contributed by atoms with Crippen LogP contribution in [0.25, 0.3) is 17.1 Å². The Bertz CT molecular complexity index is 1220. The van der Waals surface area contributed by atoms with Crippen LogP contribution in [-0.2, 0) is 4.79 Å². The summed E-state index contributed by atoms with van der Waals surface area (Å²) >= 11 is 7.51. The fourth-order valence-corrected chi connectivity index (χ4v) is 4.02. The summed E-state index contributed by atoms with van der Waals surface area (Å²) < 4.78 is 12.3. The molecule has 0 bridgehead atoms. The fraction of sp³-hybridized carbons (Fsp3) is 0.182. The summed E-state index contributed by atoms with van der Waals surface area (Å²) in [5.41, 5.74) is 1.72. The van der Waals surface area contributed by atoms with E-state index in [0.717, 1.165) is 17.0 Å². The molecule has 4 rings (SSSR count). The lowest BCUT2D eigenvalue weighted by atomic mass is 10.2. The number of nitrogens with zero attached hydrogens (tertiary/aromatic N) is 4. The molecule has 0 saturated carbocycles. The average molecular weight is 470 g/mol. The number of methoxy groups -OCH3 is 1. The zero-order valence-electron chi connectivity index (χ0n) is 17.4. The van der Waals surface area contributed by atoms with Crippen LogP contribution in [0, 0.1) is 6.92 Å². The Morgan fingerprint density at radius 1 is 1.19 bits per heavy atom. The molecule has 32 heavy (non-hydrogen) atoms. The van der Waals surface area contributed by atoms with E-state index in [2.05, 4.69) is 20.7 Å². The lowest BCUT2D eigenvalue weighted by molar-refractivity contribution is -0.115. The predicted molar refractivity (Wildman–Crippen MR) is 124 cm³/mol. The third kappa shape index (κ3) is 5.12. The van der Waals surface area contributed by atoms with Gasteiger partial charge >= 0.3 is 0 Å². The minimum atomic E-state index is -0.156. The summed E-state index contributed by atoms with van der Waals surface area (Å²) in [7, 11) is 1.62. The van der Waals surface area contributed by atoms with Gasteiger partial charge < -0.3 is 14.6 Å². The van der Waals surface area contributed by atoms with Crippen molar-refractivity contribution in [3.63, 3.8) is 0 Å². The molecule has 0 aliphatic heterocycles. The van der Waals surface area contributed by atoms with E-state index in [1.54, 1.807) is 20.1 Å². The zero-order valence-corrected chi connectivity index (χ0v) is 19.0. The number of carbonyl (C=O) groups is 1. The van der Waals surface area contributed by atoms with Crippen LogP contribution in [0.5, 0.6) is 5.75 Å². The second-order valence-corrected chi connectivity index (χ2v) is 8.32. The van der Waals surface area contributed by atoms with E-state index < -0.39 is 0 Å². The normalized spacial score (nSPS) is 10.8. The first kappa shape index (κ1) is 21.9. The number of amides is 1. The van der Waals surface area contributed by atoms with Crippen molar-refractivity contribution >= 4 is 35.1 Å². The van der Waals surface area contributed by atoms with Crippen LogP contribution >= 0.6 is 23.4 Å². The van der Waals surface area contributed by atoms with Gasteiger partial charge in [0.15, 0.2) is 16.8 Å². The Labute approximate surface area is 193 Å². The maximum atomic E-state index is 12.2. The summed E-state index contributed by atoms with van der Waals surface area (Å²) in [6.45, 7) is 1.77. The Kier molecular flexibility index (Phi) is 6.77. The molecule has 0 saturated heterocycles. The van der Waals surface area contributed by atoms with Crippen LogP contribution in [0.2, 0.25) is 5.02 Å². The fourth-order valence-electron chi connectivity index (χ4n) is 3.00. The Hall–Kier alpha value is -3.30. The minimum Gasteiger partial charge on any atom is -0.497 e. The third-order valence-corrected chi connectivity index (χ3v) is 5.68. The largest absolute Gasteiger partial charge is 0.497 e. The molecule has 2 aromatic carbocycles. The number of rotatable bonds is 8. The number of carbonyl (C=O) groups excluding carboxylic acids is 1. The highest BCUT2D eigenvalue weighted by molar-refractivity contribution is 7.99. The summed E-state index contributed by atoms with van der Waals surface area (Å²) in [5, 5.41) is 16.6. The molecule has 1 amide bonds. The van der Waals surface area contributed by atoms with E-state index in [1.807, 2.05) is 53.1 Å². The molecule has 10 heteroatoms. The molecule has 0 spiro atoms. The molecule has 1 N–H and O–H groups in total. The van der Waals surface area contributed by atoms with E-state index in [0.29, 0.717) is 33.3 Å². The number of thioether (sulfide) groups is 1. The molecular weight excluding hydrogens is 450 g/mol. The Morgan fingerprint density at radius 2 is 2.00 bits per heavy atom. The van der Waals surface area contributed by atoms with E-state index in [4.69, 9.17) is 20.9 Å². The van der Waals surface area contributed by atoms with E-state index in [1.165, 1.54) is 11.8 Å². The van der Waals surface area contributed by atoms with Crippen molar-refractivity contribution in [3.05, 3.63) is 65.4 Å². The van der Waals surface area contributed by atoms with Crippen molar-refractivity contribution in [2.24, 2.45) is 0 Å². The smallest absolute Gasteiger partial charge is 0.226 e. The van der Waals surface area contributed by atoms with Crippen molar-refractivity contribution < 1.29 is 14.1 Å². The lowest BCUT2D eigenvalue weighted by Crippen LogP contribution is -2.12. The maximum Gasteiger partial charge on any atom is 0.226 e. The second kappa shape index (κ2) is 9.88. The number of hydrogen-bond acceptors (Lipinski definition) is 7. The van der Waals surface area contributed by atoms with Crippen LogP contribution in [-0.4, -0.2) is 38.7 Å². The molecule has 4 aromatic rings.